The summed E-state index contributed by atoms with van der Waals surface area (Å²) in [6.07, 6.45) is 2.22. The number of nitriles is 1. The van der Waals surface area contributed by atoms with Gasteiger partial charge in [0, 0.05) is 24.4 Å². The Labute approximate surface area is 106 Å². The fraction of sp³-hybridized carbons (Fsp3) is 0.143. The number of pyridine rings is 1. The van der Waals surface area contributed by atoms with Crippen LogP contribution in [-0.2, 0) is 6.42 Å². The van der Waals surface area contributed by atoms with Gasteiger partial charge in [0.05, 0.1) is 12.2 Å². The molecule has 0 spiro atoms. The van der Waals surface area contributed by atoms with E-state index in [1.165, 1.54) is 6.20 Å². The first-order chi connectivity index (χ1) is 8.79. The SMILES string of the molecule is N#Cc1ccc(OCCc2ccccc2N)nc1. The van der Waals surface area contributed by atoms with Crippen LogP contribution in [0.3, 0.4) is 0 Å². The van der Waals surface area contributed by atoms with Gasteiger partial charge < -0.3 is 10.5 Å². The molecule has 0 fully saturated rings. The van der Waals surface area contributed by atoms with E-state index in [0.717, 1.165) is 17.7 Å². The van der Waals surface area contributed by atoms with Crippen LogP contribution in [0.2, 0.25) is 0 Å². The van der Waals surface area contributed by atoms with Gasteiger partial charge in [-0.3, -0.25) is 0 Å². The molecular weight excluding hydrogens is 226 g/mol. The smallest absolute Gasteiger partial charge is 0.213 e. The van der Waals surface area contributed by atoms with Crippen molar-refractivity contribution < 1.29 is 4.74 Å². The van der Waals surface area contributed by atoms with Crippen molar-refractivity contribution in [3.63, 3.8) is 0 Å². The Kier molecular flexibility index (Phi) is 3.77. The van der Waals surface area contributed by atoms with Crippen LogP contribution < -0.4 is 10.5 Å². The van der Waals surface area contributed by atoms with Gasteiger partial charge in [0.15, 0.2) is 0 Å². The van der Waals surface area contributed by atoms with Crippen LogP contribution in [0.15, 0.2) is 42.6 Å². The molecule has 0 aliphatic heterocycles. The summed E-state index contributed by atoms with van der Waals surface area (Å²) in [7, 11) is 0. The molecule has 2 rings (SSSR count). The molecule has 0 amide bonds. The van der Waals surface area contributed by atoms with Crippen molar-refractivity contribution in [2.45, 2.75) is 6.42 Å². The van der Waals surface area contributed by atoms with E-state index in [1.807, 2.05) is 30.3 Å². The molecule has 0 unspecified atom stereocenters. The number of ether oxygens (including phenoxy) is 1. The number of para-hydroxylation sites is 1. The van der Waals surface area contributed by atoms with Gasteiger partial charge in [-0.15, -0.1) is 0 Å². The first-order valence-electron chi connectivity index (χ1n) is 5.62. The number of anilines is 1. The molecule has 4 nitrogen and oxygen atoms in total. The number of aromatic nitrogens is 1. The molecule has 0 saturated carbocycles. The van der Waals surface area contributed by atoms with Crippen LogP contribution in [0.5, 0.6) is 5.88 Å². The van der Waals surface area contributed by atoms with Crippen molar-refractivity contribution in [1.29, 1.82) is 5.26 Å². The zero-order valence-electron chi connectivity index (χ0n) is 9.84. The number of rotatable bonds is 4. The summed E-state index contributed by atoms with van der Waals surface area (Å²) in [5.74, 6) is 0.517. The van der Waals surface area contributed by atoms with Crippen molar-refractivity contribution in [3.8, 4) is 11.9 Å². The molecule has 0 aliphatic carbocycles. The number of nitrogens with zero attached hydrogens (tertiary/aromatic N) is 2. The van der Waals surface area contributed by atoms with Crippen LogP contribution in [0.4, 0.5) is 5.69 Å². The first-order valence-corrected chi connectivity index (χ1v) is 5.62. The average Bonchev–Trinajstić information content (AvgIpc) is 2.42. The molecule has 1 heterocycles. The molecule has 0 aliphatic rings. The predicted molar refractivity (Wildman–Crippen MR) is 69.0 cm³/mol. The monoisotopic (exact) mass is 239 g/mol. The van der Waals surface area contributed by atoms with E-state index < -0.39 is 0 Å². The molecule has 2 aromatic rings. The molecule has 1 aromatic heterocycles. The summed E-state index contributed by atoms with van der Waals surface area (Å²) in [6, 6.07) is 13.1. The Morgan fingerprint density at radius 3 is 2.72 bits per heavy atom. The quantitative estimate of drug-likeness (QED) is 0.830. The van der Waals surface area contributed by atoms with E-state index in [-0.39, 0.29) is 0 Å². The second kappa shape index (κ2) is 5.69. The van der Waals surface area contributed by atoms with Crippen molar-refractivity contribution in [2.75, 3.05) is 12.3 Å². The Balaban J connectivity index is 1.89. The normalized spacial score (nSPS) is 9.72. The third-order valence-electron chi connectivity index (χ3n) is 2.54. The third-order valence-corrected chi connectivity index (χ3v) is 2.54. The standard InChI is InChI=1S/C14H13N3O/c15-9-11-5-6-14(17-10-11)18-8-7-12-3-1-2-4-13(12)16/h1-6,10H,7-8,16H2. The molecule has 4 heteroatoms. The van der Waals surface area contributed by atoms with E-state index in [9.17, 15) is 0 Å². The number of hydrogen-bond donors (Lipinski definition) is 1. The molecule has 0 saturated heterocycles. The molecule has 18 heavy (non-hydrogen) atoms. The van der Waals surface area contributed by atoms with Crippen LogP contribution in [0.1, 0.15) is 11.1 Å². The zero-order chi connectivity index (χ0) is 12.8. The lowest BCUT2D eigenvalue weighted by molar-refractivity contribution is 0.309. The predicted octanol–water partition coefficient (Wildman–Crippen LogP) is 2.16. The highest BCUT2D eigenvalue weighted by atomic mass is 16.5. The Morgan fingerprint density at radius 1 is 1.22 bits per heavy atom. The minimum absolute atomic E-state index is 0.507. The van der Waals surface area contributed by atoms with E-state index in [1.54, 1.807) is 12.1 Å². The van der Waals surface area contributed by atoms with Crippen molar-refractivity contribution in [2.24, 2.45) is 0 Å². The summed E-state index contributed by atoms with van der Waals surface area (Å²) < 4.78 is 5.49. The highest BCUT2D eigenvalue weighted by molar-refractivity contribution is 5.46. The molecular formula is C14H13N3O. The van der Waals surface area contributed by atoms with E-state index >= 15 is 0 Å². The largest absolute Gasteiger partial charge is 0.477 e. The third kappa shape index (κ3) is 2.98. The number of benzene rings is 1. The molecule has 2 N–H and O–H groups in total. The van der Waals surface area contributed by atoms with Gasteiger partial charge in [-0.05, 0) is 17.7 Å². The second-order valence-corrected chi connectivity index (χ2v) is 3.79. The summed E-state index contributed by atoms with van der Waals surface area (Å²) in [6.45, 7) is 0.507. The molecule has 90 valence electrons. The fourth-order valence-corrected chi connectivity index (χ4v) is 1.56. The fourth-order valence-electron chi connectivity index (χ4n) is 1.56. The molecule has 0 atom stereocenters. The minimum Gasteiger partial charge on any atom is -0.477 e. The van der Waals surface area contributed by atoms with E-state index in [4.69, 9.17) is 15.7 Å². The second-order valence-electron chi connectivity index (χ2n) is 3.79. The van der Waals surface area contributed by atoms with E-state index in [0.29, 0.717) is 18.1 Å². The summed E-state index contributed by atoms with van der Waals surface area (Å²) in [5.41, 5.74) is 8.19. The molecule has 0 bridgehead atoms. The highest BCUT2D eigenvalue weighted by Gasteiger charge is 2.00. The minimum atomic E-state index is 0.507. The van der Waals surface area contributed by atoms with Crippen LogP contribution in [0.25, 0.3) is 0 Å². The van der Waals surface area contributed by atoms with Crippen LogP contribution >= 0.6 is 0 Å². The van der Waals surface area contributed by atoms with Gasteiger partial charge in [-0.25, -0.2) is 4.98 Å². The van der Waals surface area contributed by atoms with Crippen molar-refractivity contribution in [1.82, 2.24) is 4.98 Å². The van der Waals surface area contributed by atoms with Crippen molar-refractivity contribution in [3.05, 3.63) is 53.7 Å². The maximum Gasteiger partial charge on any atom is 0.213 e. The molecule has 1 aromatic carbocycles. The number of nitrogen functional groups attached to an aromatic ring is 1. The first kappa shape index (κ1) is 11.9. The summed E-state index contributed by atoms with van der Waals surface area (Å²) in [4.78, 5) is 4.03. The van der Waals surface area contributed by atoms with Gasteiger partial charge in [0.1, 0.15) is 6.07 Å². The number of nitrogens with two attached hydrogens (primary N) is 1. The Bertz CT molecular complexity index is 558. The summed E-state index contributed by atoms with van der Waals surface area (Å²) in [5, 5.41) is 8.64. The topological polar surface area (TPSA) is 71.9 Å². The van der Waals surface area contributed by atoms with Crippen LogP contribution in [0, 0.1) is 11.3 Å². The molecule has 0 radical (unpaired) electrons. The van der Waals surface area contributed by atoms with Gasteiger partial charge >= 0.3 is 0 Å². The zero-order valence-corrected chi connectivity index (χ0v) is 9.84. The lowest BCUT2D eigenvalue weighted by Crippen LogP contribution is -2.04. The van der Waals surface area contributed by atoms with Gasteiger partial charge in [-0.2, -0.15) is 5.26 Å². The Morgan fingerprint density at radius 2 is 2.06 bits per heavy atom. The van der Waals surface area contributed by atoms with E-state index in [2.05, 4.69) is 4.98 Å². The Hall–Kier alpha value is -2.54. The van der Waals surface area contributed by atoms with Gasteiger partial charge in [0.25, 0.3) is 0 Å². The summed E-state index contributed by atoms with van der Waals surface area (Å²) >= 11 is 0. The van der Waals surface area contributed by atoms with Gasteiger partial charge in [-0.1, -0.05) is 18.2 Å². The maximum absolute atomic E-state index is 8.64. The lowest BCUT2D eigenvalue weighted by Gasteiger charge is -2.07. The van der Waals surface area contributed by atoms with Gasteiger partial charge in [0.2, 0.25) is 5.88 Å². The van der Waals surface area contributed by atoms with Crippen LogP contribution in [-0.4, -0.2) is 11.6 Å². The number of hydrogen-bond acceptors (Lipinski definition) is 4. The van der Waals surface area contributed by atoms with Crippen molar-refractivity contribution >= 4 is 5.69 Å². The highest BCUT2D eigenvalue weighted by Crippen LogP contribution is 2.12. The average molecular weight is 239 g/mol. The maximum atomic E-state index is 8.64. The lowest BCUT2D eigenvalue weighted by atomic mass is 10.1.